The first-order chi connectivity index (χ1) is 8.13. The molecule has 1 aliphatic rings. The topological polar surface area (TPSA) is 51.2 Å². The van der Waals surface area contributed by atoms with Crippen LogP contribution < -0.4 is 0 Å². The molecule has 0 bridgehead atoms. The summed E-state index contributed by atoms with van der Waals surface area (Å²) in [5.74, 6) is -0.586. The molecular weight excluding hydrogens is 269 g/mol. The smallest absolute Gasteiger partial charge is 0.294 e. The van der Waals surface area contributed by atoms with Crippen LogP contribution in [0.5, 0.6) is 0 Å². The van der Waals surface area contributed by atoms with Crippen molar-refractivity contribution in [3.63, 3.8) is 0 Å². The molecule has 0 fully saturated rings. The maximum Gasteiger partial charge on any atom is 0.416 e. The van der Waals surface area contributed by atoms with Crippen molar-refractivity contribution >= 4 is 21.2 Å². The van der Waals surface area contributed by atoms with Crippen molar-refractivity contribution < 1.29 is 26.4 Å². The average molecular weight is 276 g/mol. The third-order valence-corrected chi connectivity index (χ3v) is 4.07. The Balaban J connectivity index is 2.72. The number of hydrogen-bond acceptors (Lipinski definition) is 3. The maximum absolute atomic E-state index is 12.5. The zero-order valence-corrected chi connectivity index (χ0v) is 9.89. The Morgan fingerprint density at radius 1 is 1.22 bits per heavy atom. The summed E-state index contributed by atoms with van der Waals surface area (Å²) in [7, 11) is -3.81. The molecule has 0 atom stereocenters. The van der Waals surface area contributed by atoms with Gasteiger partial charge in [-0.2, -0.15) is 13.2 Å². The lowest BCUT2D eigenvalue weighted by Gasteiger charge is -2.09. The van der Waals surface area contributed by atoms with E-state index >= 15 is 0 Å². The van der Waals surface area contributed by atoms with Gasteiger partial charge in [0.15, 0.2) is 5.78 Å². The van der Waals surface area contributed by atoms with Gasteiger partial charge in [0.1, 0.15) is 0 Å². The molecule has 1 aliphatic heterocycles. The van der Waals surface area contributed by atoms with E-state index in [9.17, 15) is 26.4 Å². The van der Waals surface area contributed by atoms with Crippen molar-refractivity contribution in [2.24, 2.45) is 0 Å². The van der Waals surface area contributed by atoms with Crippen molar-refractivity contribution in [3.8, 4) is 0 Å². The molecular formula is C11H7F3O3S. The van der Waals surface area contributed by atoms with Crippen LogP contribution in [0.1, 0.15) is 18.1 Å². The number of hydrogen-bond donors (Lipinski definition) is 0. The average Bonchev–Trinajstić information content (AvgIpc) is 2.49. The highest BCUT2D eigenvalue weighted by Gasteiger charge is 2.35. The zero-order valence-electron chi connectivity index (χ0n) is 9.08. The summed E-state index contributed by atoms with van der Waals surface area (Å²) in [5, 5.41) is 0.708. The summed E-state index contributed by atoms with van der Waals surface area (Å²) in [5.41, 5.74) is -1.38. The number of rotatable bonds is 1. The van der Waals surface area contributed by atoms with Crippen LogP contribution in [-0.4, -0.2) is 14.2 Å². The van der Waals surface area contributed by atoms with Gasteiger partial charge >= 0.3 is 6.18 Å². The molecule has 1 heterocycles. The molecule has 18 heavy (non-hydrogen) atoms. The second-order valence-corrected chi connectivity index (χ2v) is 5.61. The number of carbonyl (C=O) groups is 1. The first-order valence-corrected chi connectivity index (χ1v) is 6.37. The fourth-order valence-electron chi connectivity index (χ4n) is 1.72. The van der Waals surface area contributed by atoms with E-state index in [1.807, 2.05) is 0 Å². The molecule has 0 aliphatic carbocycles. The van der Waals surface area contributed by atoms with E-state index < -0.39 is 27.4 Å². The SMILES string of the molecule is CC(=O)C1=CS(=O)(=O)c2ccc(C(F)(F)F)cc21. The van der Waals surface area contributed by atoms with Gasteiger partial charge in [-0.25, -0.2) is 8.42 Å². The molecule has 7 heteroatoms. The Morgan fingerprint density at radius 2 is 1.83 bits per heavy atom. The van der Waals surface area contributed by atoms with Crippen LogP contribution >= 0.6 is 0 Å². The minimum atomic E-state index is -4.58. The minimum Gasteiger partial charge on any atom is -0.294 e. The minimum absolute atomic E-state index is 0.183. The zero-order chi connectivity index (χ0) is 13.7. The van der Waals surface area contributed by atoms with E-state index in [1.54, 1.807) is 0 Å². The highest BCUT2D eigenvalue weighted by Crippen LogP contribution is 2.38. The van der Waals surface area contributed by atoms with E-state index in [2.05, 4.69) is 0 Å². The molecule has 0 radical (unpaired) electrons. The molecule has 96 valence electrons. The first-order valence-electron chi connectivity index (χ1n) is 4.82. The number of carbonyl (C=O) groups excluding carboxylic acids is 1. The fourth-order valence-corrected chi connectivity index (χ4v) is 3.18. The van der Waals surface area contributed by atoms with Crippen molar-refractivity contribution in [2.75, 3.05) is 0 Å². The second-order valence-electron chi connectivity index (χ2n) is 3.84. The van der Waals surface area contributed by atoms with E-state index in [4.69, 9.17) is 0 Å². The van der Waals surface area contributed by atoms with E-state index in [1.165, 1.54) is 0 Å². The summed E-state index contributed by atoms with van der Waals surface area (Å²) >= 11 is 0. The molecule has 0 spiro atoms. The molecule has 1 aromatic rings. The van der Waals surface area contributed by atoms with Crippen LogP contribution in [0.25, 0.3) is 5.57 Å². The van der Waals surface area contributed by atoms with Gasteiger partial charge in [-0.05, 0) is 25.1 Å². The maximum atomic E-state index is 12.5. The molecule has 3 nitrogen and oxygen atoms in total. The normalized spacial score (nSPS) is 17.2. The number of alkyl halides is 3. The quantitative estimate of drug-likeness (QED) is 0.791. The highest BCUT2D eigenvalue weighted by molar-refractivity contribution is 7.95. The van der Waals surface area contributed by atoms with Crippen LogP contribution in [0.2, 0.25) is 0 Å². The third-order valence-electron chi connectivity index (χ3n) is 2.56. The summed E-state index contributed by atoms with van der Waals surface area (Å²) in [4.78, 5) is 11.0. The Morgan fingerprint density at radius 3 is 2.33 bits per heavy atom. The summed E-state index contributed by atoms with van der Waals surface area (Å²) in [6.07, 6.45) is -4.58. The van der Waals surface area contributed by atoms with Gasteiger partial charge in [-0.1, -0.05) is 0 Å². The Kier molecular flexibility index (Phi) is 2.62. The Bertz CT molecular complexity index is 669. The van der Waals surface area contributed by atoms with Gasteiger partial charge in [0.2, 0.25) is 9.84 Å². The molecule has 0 amide bonds. The number of benzene rings is 1. The molecule has 2 rings (SSSR count). The number of ketones is 1. The third kappa shape index (κ3) is 1.94. The number of Topliss-reactive ketones (excluding diaryl/α,β-unsaturated/α-hetero) is 1. The van der Waals surface area contributed by atoms with Gasteiger partial charge in [0.25, 0.3) is 0 Å². The highest BCUT2D eigenvalue weighted by atomic mass is 32.2. The molecule has 0 N–H and O–H groups in total. The lowest BCUT2D eigenvalue weighted by molar-refractivity contribution is -0.137. The monoisotopic (exact) mass is 276 g/mol. The predicted molar refractivity (Wildman–Crippen MR) is 57.3 cm³/mol. The molecule has 0 saturated carbocycles. The number of sulfone groups is 1. The number of halogens is 3. The lowest BCUT2D eigenvalue weighted by atomic mass is 10.0. The van der Waals surface area contributed by atoms with Crippen LogP contribution in [-0.2, 0) is 20.8 Å². The van der Waals surface area contributed by atoms with Crippen LogP contribution in [0.3, 0.4) is 0 Å². The summed E-state index contributed by atoms with van der Waals surface area (Å²) in [6, 6.07) is 2.25. The predicted octanol–water partition coefficient (Wildman–Crippen LogP) is 2.42. The van der Waals surface area contributed by atoms with E-state index in [-0.39, 0.29) is 16.0 Å². The van der Waals surface area contributed by atoms with Crippen molar-refractivity contribution in [2.45, 2.75) is 18.0 Å². The summed E-state index contributed by atoms with van der Waals surface area (Å²) in [6.45, 7) is 1.11. The largest absolute Gasteiger partial charge is 0.416 e. The van der Waals surface area contributed by atoms with Crippen LogP contribution in [0, 0.1) is 0 Å². The first kappa shape index (κ1) is 12.8. The van der Waals surface area contributed by atoms with Crippen molar-refractivity contribution in [3.05, 3.63) is 34.7 Å². The summed E-state index contributed by atoms with van der Waals surface area (Å²) < 4.78 is 60.8. The Hall–Kier alpha value is -1.63. The van der Waals surface area contributed by atoms with Gasteiger partial charge in [0.05, 0.1) is 10.5 Å². The van der Waals surface area contributed by atoms with Crippen LogP contribution in [0.4, 0.5) is 13.2 Å². The second kappa shape index (κ2) is 3.68. The number of fused-ring (bicyclic) bond motifs is 1. The Labute approximate surface area is 101 Å². The standard InChI is InChI=1S/C11H7F3O3S/c1-6(15)9-5-18(16,17)10-3-2-7(4-8(9)10)11(12,13)14/h2-5H,1H3. The number of allylic oxidation sites excluding steroid dienone is 1. The van der Waals surface area contributed by atoms with Gasteiger partial charge in [-0.15, -0.1) is 0 Å². The lowest BCUT2D eigenvalue weighted by Crippen LogP contribution is -2.06. The van der Waals surface area contributed by atoms with Gasteiger partial charge in [0, 0.05) is 16.5 Å². The molecule has 0 aromatic heterocycles. The fraction of sp³-hybridized carbons (Fsp3) is 0.182. The van der Waals surface area contributed by atoms with Crippen molar-refractivity contribution in [1.29, 1.82) is 0 Å². The van der Waals surface area contributed by atoms with Crippen LogP contribution in [0.15, 0.2) is 28.5 Å². The van der Waals surface area contributed by atoms with E-state index in [0.29, 0.717) is 17.5 Å². The molecule has 0 unspecified atom stereocenters. The van der Waals surface area contributed by atoms with Gasteiger partial charge < -0.3 is 0 Å². The van der Waals surface area contributed by atoms with Gasteiger partial charge in [-0.3, -0.25) is 4.79 Å². The molecule has 1 aromatic carbocycles. The van der Waals surface area contributed by atoms with Crippen molar-refractivity contribution in [1.82, 2.24) is 0 Å². The molecule has 0 saturated heterocycles. The van der Waals surface area contributed by atoms with E-state index in [0.717, 1.165) is 13.0 Å².